The summed E-state index contributed by atoms with van der Waals surface area (Å²) in [6.45, 7) is 2.57. The molecule has 1 aliphatic carbocycles. The fourth-order valence-electron chi connectivity index (χ4n) is 3.39. The van der Waals surface area contributed by atoms with Gasteiger partial charge in [-0.1, -0.05) is 12.1 Å². The smallest absolute Gasteiger partial charge is 0.317 e. The van der Waals surface area contributed by atoms with E-state index in [9.17, 15) is 9.18 Å². The summed E-state index contributed by atoms with van der Waals surface area (Å²) in [6.07, 6.45) is 2.57. The lowest BCUT2D eigenvalue weighted by Gasteiger charge is -2.34. The third kappa shape index (κ3) is 3.94. The molecule has 4 rings (SSSR count). The van der Waals surface area contributed by atoms with Crippen LogP contribution in [0, 0.1) is 5.82 Å². The van der Waals surface area contributed by atoms with E-state index in [4.69, 9.17) is 4.74 Å². The molecule has 1 aromatic heterocycles. The van der Waals surface area contributed by atoms with Crippen molar-refractivity contribution in [3.05, 3.63) is 47.9 Å². The summed E-state index contributed by atoms with van der Waals surface area (Å²) in [5.41, 5.74) is 1.07. The van der Waals surface area contributed by atoms with E-state index in [2.05, 4.69) is 15.3 Å². The molecule has 0 bridgehead atoms. The molecule has 2 aliphatic rings. The van der Waals surface area contributed by atoms with E-state index in [-0.39, 0.29) is 23.8 Å². The summed E-state index contributed by atoms with van der Waals surface area (Å²) in [7, 11) is 1.57. The predicted molar refractivity (Wildman–Crippen MR) is 98.4 cm³/mol. The number of aromatic nitrogens is 2. The van der Waals surface area contributed by atoms with Gasteiger partial charge in [0.05, 0.1) is 7.11 Å². The van der Waals surface area contributed by atoms with E-state index in [0.717, 1.165) is 12.0 Å². The minimum Gasteiger partial charge on any atom is -0.481 e. The number of urea groups is 1. The first-order chi connectivity index (χ1) is 13.1. The monoisotopic (exact) mass is 371 g/mol. The molecule has 1 saturated carbocycles. The molecule has 1 N–H and O–H groups in total. The maximum atomic E-state index is 13.0. The Morgan fingerprint density at radius 2 is 1.93 bits per heavy atom. The summed E-state index contributed by atoms with van der Waals surface area (Å²) in [4.78, 5) is 25.0. The SMILES string of the molecule is COc1ccnc(N2CCN(C(=O)N[C@@H]3C[C@H]3c3ccc(F)cc3)CC2)n1. The number of carbonyl (C=O) groups excluding carboxylic acids is 1. The van der Waals surface area contributed by atoms with Crippen LogP contribution in [0.5, 0.6) is 5.88 Å². The maximum absolute atomic E-state index is 13.0. The number of nitrogens with one attached hydrogen (secondary N) is 1. The number of methoxy groups -OCH3 is 1. The summed E-state index contributed by atoms with van der Waals surface area (Å²) in [6, 6.07) is 8.30. The maximum Gasteiger partial charge on any atom is 0.317 e. The second kappa shape index (κ2) is 7.38. The van der Waals surface area contributed by atoms with Gasteiger partial charge in [-0.3, -0.25) is 0 Å². The van der Waals surface area contributed by atoms with Crippen molar-refractivity contribution in [3.8, 4) is 5.88 Å². The number of carbonyl (C=O) groups is 1. The Morgan fingerprint density at radius 1 is 1.19 bits per heavy atom. The van der Waals surface area contributed by atoms with Crippen LogP contribution in [0.3, 0.4) is 0 Å². The number of piperazine rings is 1. The number of hydrogen-bond donors (Lipinski definition) is 1. The first-order valence-electron chi connectivity index (χ1n) is 9.07. The van der Waals surface area contributed by atoms with Crippen molar-refractivity contribution in [3.63, 3.8) is 0 Å². The normalized spacial score (nSPS) is 21.7. The van der Waals surface area contributed by atoms with Crippen LogP contribution >= 0.6 is 0 Å². The molecule has 1 aliphatic heterocycles. The van der Waals surface area contributed by atoms with Crippen LogP contribution in [0.1, 0.15) is 17.9 Å². The molecule has 1 aromatic carbocycles. The number of benzene rings is 1. The van der Waals surface area contributed by atoms with Crippen LogP contribution in [0.15, 0.2) is 36.5 Å². The number of nitrogens with zero attached hydrogens (tertiary/aromatic N) is 4. The van der Waals surface area contributed by atoms with E-state index in [0.29, 0.717) is 38.0 Å². The third-order valence-corrected chi connectivity index (χ3v) is 5.07. The predicted octanol–water partition coefficient (Wildman–Crippen LogP) is 2.01. The Balaban J connectivity index is 1.27. The average Bonchev–Trinajstić information content (AvgIpc) is 3.47. The fourth-order valence-corrected chi connectivity index (χ4v) is 3.39. The lowest BCUT2D eigenvalue weighted by Crippen LogP contribution is -2.52. The van der Waals surface area contributed by atoms with Gasteiger partial charge in [-0.05, 0) is 24.1 Å². The van der Waals surface area contributed by atoms with Crippen LogP contribution in [-0.4, -0.2) is 60.2 Å². The zero-order chi connectivity index (χ0) is 18.8. The van der Waals surface area contributed by atoms with Crippen LogP contribution in [0.4, 0.5) is 15.1 Å². The van der Waals surface area contributed by atoms with E-state index in [1.54, 1.807) is 31.5 Å². The number of hydrogen-bond acceptors (Lipinski definition) is 5. The molecule has 2 heterocycles. The summed E-state index contributed by atoms with van der Waals surface area (Å²) in [5.74, 6) is 1.19. The van der Waals surface area contributed by atoms with Crippen LogP contribution in [0.2, 0.25) is 0 Å². The van der Waals surface area contributed by atoms with Crippen molar-refractivity contribution in [2.75, 3.05) is 38.2 Å². The van der Waals surface area contributed by atoms with Gasteiger partial charge in [0.25, 0.3) is 0 Å². The number of halogens is 1. The summed E-state index contributed by atoms with van der Waals surface area (Å²) in [5, 5.41) is 3.08. The fraction of sp³-hybridized carbons (Fsp3) is 0.421. The number of amides is 2. The van der Waals surface area contributed by atoms with E-state index >= 15 is 0 Å². The molecule has 1 saturated heterocycles. The second-order valence-corrected chi connectivity index (χ2v) is 6.82. The Kier molecular flexibility index (Phi) is 4.79. The van der Waals surface area contributed by atoms with Crippen molar-refractivity contribution in [1.29, 1.82) is 0 Å². The first-order valence-corrected chi connectivity index (χ1v) is 9.07. The molecular weight excluding hydrogens is 349 g/mol. The van der Waals surface area contributed by atoms with Gasteiger partial charge in [0, 0.05) is 50.4 Å². The molecule has 2 atom stereocenters. The highest BCUT2D eigenvalue weighted by molar-refractivity contribution is 5.75. The van der Waals surface area contributed by atoms with Crippen molar-refractivity contribution in [1.82, 2.24) is 20.2 Å². The molecule has 27 heavy (non-hydrogen) atoms. The average molecular weight is 371 g/mol. The molecule has 142 valence electrons. The Bertz CT molecular complexity index is 808. The molecule has 0 unspecified atom stereocenters. The largest absolute Gasteiger partial charge is 0.481 e. The molecule has 7 nitrogen and oxygen atoms in total. The quantitative estimate of drug-likeness (QED) is 0.890. The van der Waals surface area contributed by atoms with Crippen molar-refractivity contribution in [2.45, 2.75) is 18.4 Å². The van der Waals surface area contributed by atoms with Crippen LogP contribution in [0.25, 0.3) is 0 Å². The van der Waals surface area contributed by atoms with Gasteiger partial charge in [-0.25, -0.2) is 14.2 Å². The number of anilines is 1. The standard InChI is InChI=1S/C19H22FN5O2/c1-27-17-6-7-21-18(23-17)24-8-10-25(11-9-24)19(26)22-16-12-15(16)13-2-4-14(20)5-3-13/h2-7,15-16H,8-12H2,1H3,(H,22,26)/t15-,16+/m0/s1. The Hall–Kier alpha value is -2.90. The van der Waals surface area contributed by atoms with E-state index < -0.39 is 0 Å². The number of ether oxygens (including phenoxy) is 1. The summed E-state index contributed by atoms with van der Waals surface area (Å²) >= 11 is 0. The zero-order valence-corrected chi connectivity index (χ0v) is 15.1. The molecule has 2 amide bonds. The highest BCUT2D eigenvalue weighted by Crippen LogP contribution is 2.40. The molecule has 2 aromatic rings. The van der Waals surface area contributed by atoms with Crippen molar-refractivity contribution in [2.24, 2.45) is 0 Å². The highest BCUT2D eigenvalue weighted by Gasteiger charge is 2.40. The lowest BCUT2D eigenvalue weighted by molar-refractivity contribution is 0.193. The minimum absolute atomic E-state index is 0.0455. The molecule has 0 radical (unpaired) electrons. The molecule has 2 fully saturated rings. The van der Waals surface area contributed by atoms with Crippen LogP contribution < -0.4 is 15.0 Å². The van der Waals surface area contributed by atoms with Crippen molar-refractivity contribution < 1.29 is 13.9 Å². The van der Waals surface area contributed by atoms with Crippen LogP contribution in [-0.2, 0) is 0 Å². The van der Waals surface area contributed by atoms with Gasteiger partial charge in [0.2, 0.25) is 11.8 Å². The lowest BCUT2D eigenvalue weighted by atomic mass is 10.1. The topological polar surface area (TPSA) is 70.6 Å². The van der Waals surface area contributed by atoms with Gasteiger partial charge < -0.3 is 19.9 Å². The van der Waals surface area contributed by atoms with E-state index in [1.807, 2.05) is 9.80 Å². The number of rotatable bonds is 4. The van der Waals surface area contributed by atoms with E-state index in [1.165, 1.54) is 12.1 Å². The van der Waals surface area contributed by atoms with Gasteiger partial charge in [0.1, 0.15) is 5.82 Å². The molecule has 0 spiro atoms. The Labute approximate surface area is 157 Å². The van der Waals surface area contributed by atoms with Gasteiger partial charge in [-0.15, -0.1) is 0 Å². The highest BCUT2D eigenvalue weighted by atomic mass is 19.1. The van der Waals surface area contributed by atoms with Gasteiger partial charge in [-0.2, -0.15) is 4.98 Å². The first kappa shape index (κ1) is 17.5. The molecule has 8 heteroatoms. The Morgan fingerprint density at radius 3 is 2.63 bits per heavy atom. The molecular formula is C19H22FN5O2. The second-order valence-electron chi connectivity index (χ2n) is 6.82. The third-order valence-electron chi connectivity index (χ3n) is 5.07. The van der Waals surface area contributed by atoms with Gasteiger partial charge >= 0.3 is 6.03 Å². The van der Waals surface area contributed by atoms with Crippen molar-refractivity contribution >= 4 is 12.0 Å². The zero-order valence-electron chi connectivity index (χ0n) is 15.1. The summed E-state index contributed by atoms with van der Waals surface area (Å²) < 4.78 is 18.2. The minimum atomic E-state index is -0.238. The van der Waals surface area contributed by atoms with Gasteiger partial charge in [0.15, 0.2) is 0 Å².